The van der Waals surface area contributed by atoms with Crippen molar-refractivity contribution in [3.05, 3.63) is 77.5 Å². The van der Waals surface area contributed by atoms with Gasteiger partial charge in [0.05, 0.1) is 16.8 Å². The number of nitrogens with two attached hydrogens (primary N) is 1. The standard InChI is InChI=1S/C25H27N5O2/c26-18-21-22(29-30(23(21)27)20-10-5-2-6-11-20)12-7-15-28-24(31)25(13-16-32-17-14-25)19-8-3-1-4-9-19/h1-6,8-11H,7,12-17,27H2,(H,28,31). The van der Waals surface area contributed by atoms with Gasteiger partial charge in [0.15, 0.2) is 0 Å². The first kappa shape index (κ1) is 21.6. The molecule has 32 heavy (non-hydrogen) atoms. The number of anilines is 1. The zero-order chi connectivity index (χ0) is 22.4. The van der Waals surface area contributed by atoms with Crippen molar-refractivity contribution in [1.29, 1.82) is 5.26 Å². The zero-order valence-electron chi connectivity index (χ0n) is 18.0. The highest BCUT2D eigenvalue weighted by Crippen LogP contribution is 2.35. The van der Waals surface area contributed by atoms with E-state index in [1.165, 1.54) is 0 Å². The highest BCUT2D eigenvalue weighted by molar-refractivity contribution is 5.88. The number of hydrogen-bond donors (Lipinski definition) is 2. The third-order valence-electron chi connectivity index (χ3n) is 6.09. The third kappa shape index (κ3) is 4.23. The number of aromatic nitrogens is 2. The van der Waals surface area contributed by atoms with Gasteiger partial charge in [0, 0.05) is 19.8 Å². The van der Waals surface area contributed by atoms with Gasteiger partial charge in [-0.05, 0) is 43.4 Å². The summed E-state index contributed by atoms with van der Waals surface area (Å²) in [5.74, 6) is 0.366. The molecule has 1 aliphatic heterocycles. The van der Waals surface area contributed by atoms with Gasteiger partial charge in [0.1, 0.15) is 17.5 Å². The first-order chi connectivity index (χ1) is 15.7. The minimum atomic E-state index is -0.559. The first-order valence-corrected chi connectivity index (χ1v) is 10.9. The summed E-state index contributed by atoms with van der Waals surface area (Å²) in [5.41, 5.74) is 8.50. The Kier molecular flexibility index (Phi) is 6.52. The number of benzene rings is 2. The van der Waals surface area contributed by atoms with E-state index in [2.05, 4.69) is 16.5 Å². The van der Waals surface area contributed by atoms with Gasteiger partial charge in [-0.15, -0.1) is 0 Å². The number of nitrogens with one attached hydrogen (secondary N) is 1. The Morgan fingerprint density at radius 1 is 1.12 bits per heavy atom. The average molecular weight is 430 g/mol. The maximum Gasteiger partial charge on any atom is 0.230 e. The molecule has 3 aromatic rings. The number of hydrogen-bond acceptors (Lipinski definition) is 5. The van der Waals surface area contributed by atoms with Crippen LogP contribution in [0.3, 0.4) is 0 Å². The van der Waals surface area contributed by atoms with Gasteiger partial charge < -0.3 is 15.8 Å². The van der Waals surface area contributed by atoms with Crippen LogP contribution in [0, 0.1) is 11.3 Å². The molecule has 7 heteroatoms. The number of rotatable bonds is 7. The number of ether oxygens (including phenoxy) is 1. The highest BCUT2D eigenvalue weighted by atomic mass is 16.5. The van der Waals surface area contributed by atoms with Crippen molar-refractivity contribution in [2.75, 3.05) is 25.5 Å². The molecule has 164 valence electrons. The van der Waals surface area contributed by atoms with E-state index in [-0.39, 0.29) is 5.91 Å². The van der Waals surface area contributed by atoms with Gasteiger partial charge in [-0.25, -0.2) is 4.68 Å². The molecule has 1 saturated heterocycles. The van der Waals surface area contributed by atoms with E-state index in [4.69, 9.17) is 10.5 Å². The van der Waals surface area contributed by atoms with Crippen LogP contribution in [0.1, 0.15) is 36.1 Å². The average Bonchev–Trinajstić information content (AvgIpc) is 3.18. The molecule has 0 bridgehead atoms. The van der Waals surface area contributed by atoms with Crippen LogP contribution >= 0.6 is 0 Å². The largest absolute Gasteiger partial charge is 0.382 e. The molecule has 1 amide bonds. The maximum atomic E-state index is 13.2. The molecule has 1 aromatic heterocycles. The molecule has 1 aliphatic rings. The highest BCUT2D eigenvalue weighted by Gasteiger charge is 2.41. The molecule has 2 aromatic carbocycles. The topological polar surface area (TPSA) is 106 Å². The van der Waals surface area contributed by atoms with Crippen molar-refractivity contribution in [2.45, 2.75) is 31.1 Å². The monoisotopic (exact) mass is 429 g/mol. The lowest BCUT2D eigenvalue weighted by atomic mass is 9.73. The van der Waals surface area contributed by atoms with Crippen LogP contribution in [0.2, 0.25) is 0 Å². The minimum absolute atomic E-state index is 0.0295. The summed E-state index contributed by atoms with van der Waals surface area (Å²) in [6.45, 7) is 1.64. The number of nitriles is 1. The Balaban J connectivity index is 1.42. The van der Waals surface area contributed by atoms with Crippen molar-refractivity contribution in [1.82, 2.24) is 15.1 Å². The third-order valence-corrected chi connectivity index (χ3v) is 6.09. The molecule has 1 fully saturated rings. The summed E-state index contributed by atoms with van der Waals surface area (Å²) >= 11 is 0. The summed E-state index contributed by atoms with van der Waals surface area (Å²) < 4.78 is 7.12. The number of aryl methyl sites for hydroxylation is 1. The van der Waals surface area contributed by atoms with E-state index < -0.39 is 5.41 Å². The second-order valence-corrected chi connectivity index (χ2v) is 7.99. The van der Waals surface area contributed by atoms with E-state index in [1.54, 1.807) is 4.68 Å². The normalized spacial score (nSPS) is 15.1. The van der Waals surface area contributed by atoms with Crippen LogP contribution < -0.4 is 11.1 Å². The molecule has 0 unspecified atom stereocenters. The van der Waals surface area contributed by atoms with Gasteiger partial charge in [0.2, 0.25) is 5.91 Å². The predicted molar refractivity (Wildman–Crippen MR) is 122 cm³/mol. The lowest BCUT2D eigenvalue weighted by Crippen LogP contribution is -2.48. The van der Waals surface area contributed by atoms with Crippen LogP contribution in [0.5, 0.6) is 0 Å². The van der Waals surface area contributed by atoms with Crippen LogP contribution in [0.25, 0.3) is 5.69 Å². The molecular weight excluding hydrogens is 402 g/mol. The van der Waals surface area contributed by atoms with Crippen molar-refractivity contribution in [2.24, 2.45) is 0 Å². The molecule has 3 N–H and O–H groups in total. The second kappa shape index (κ2) is 9.67. The minimum Gasteiger partial charge on any atom is -0.382 e. The summed E-state index contributed by atoms with van der Waals surface area (Å²) in [6, 6.07) is 21.6. The number of amides is 1. The van der Waals surface area contributed by atoms with Crippen molar-refractivity contribution in [3.63, 3.8) is 0 Å². The maximum absolute atomic E-state index is 13.2. The van der Waals surface area contributed by atoms with Crippen molar-refractivity contribution in [3.8, 4) is 11.8 Å². The fraction of sp³-hybridized carbons (Fsp3) is 0.320. The van der Waals surface area contributed by atoms with Crippen LogP contribution in [-0.2, 0) is 21.4 Å². The summed E-state index contributed by atoms with van der Waals surface area (Å²) in [4.78, 5) is 13.2. The lowest BCUT2D eigenvalue weighted by molar-refractivity contribution is -0.130. The van der Waals surface area contributed by atoms with Gasteiger partial charge in [-0.2, -0.15) is 10.4 Å². The number of carbonyl (C=O) groups is 1. The van der Waals surface area contributed by atoms with E-state index >= 15 is 0 Å². The van der Waals surface area contributed by atoms with Crippen molar-refractivity contribution >= 4 is 11.7 Å². The Labute approximate surface area is 187 Å². The summed E-state index contributed by atoms with van der Waals surface area (Å²) in [5, 5.41) is 17.2. The number of nitrogen functional groups attached to an aromatic ring is 1. The lowest BCUT2D eigenvalue weighted by Gasteiger charge is -2.36. The van der Waals surface area contributed by atoms with Crippen molar-refractivity contribution < 1.29 is 9.53 Å². The summed E-state index contributed by atoms with van der Waals surface area (Å²) in [7, 11) is 0. The van der Waals surface area contributed by atoms with Gasteiger partial charge in [0.25, 0.3) is 0 Å². The molecule has 7 nitrogen and oxygen atoms in total. The Bertz CT molecular complexity index is 1100. The van der Waals surface area contributed by atoms with Gasteiger partial charge in [-0.3, -0.25) is 4.79 Å². The van der Waals surface area contributed by atoms with Crippen LogP contribution in [0.15, 0.2) is 60.7 Å². The SMILES string of the molecule is N#Cc1c(CCCNC(=O)C2(c3ccccc3)CCOCC2)nn(-c2ccccc2)c1N. The Morgan fingerprint density at radius 2 is 1.78 bits per heavy atom. The van der Waals surface area contributed by atoms with Crippen LogP contribution in [-0.4, -0.2) is 35.4 Å². The molecular formula is C25H27N5O2. The van der Waals surface area contributed by atoms with E-state index in [1.807, 2.05) is 60.7 Å². The predicted octanol–water partition coefficient (Wildman–Crippen LogP) is 3.12. The quantitative estimate of drug-likeness (QED) is 0.561. The molecule has 0 spiro atoms. The fourth-order valence-corrected chi connectivity index (χ4v) is 4.29. The van der Waals surface area contributed by atoms with Crippen LogP contribution in [0.4, 0.5) is 5.82 Å². The fourth-order valence-electron chi connectivity index (χ4n) is 4.29. The van der Waals surface area contributed by atoms with E-state index in [0.717, 1.165) is 11.3 Å². The Morgan fingerprint density at radius 3 is 2.44 bits per heavy atom. The van der Waals surface area contributed by atoms with Gasteiger partial charge >= 0.3 is 0 Å². The molecule has 2 heterocycles. The Hall–Kier alpha value is -3.63. The molecule has 0 radical (unpaired) electrons. The first-order valence-electron chi connectivity index (χ1n) is 10.9. The number of carbonyl (C=O) groups excluding carboxylic acids is 1. The molecule has 0 atom stereocenters. The van der Waals surface area contributed by atoms with E-state index in [0.29, 0.717) is 62.5 Å². The molecule has 0 saturated carbocycles. The molecule has 0 aliphatic carbocycles. The smallest absolute Gasteiger partial charge is 0.230 e. The second-order valence-electron chi connectivity index (χ2n) is 7.99. The van der Waals surface area contributed by atoms with E-state index in [9.17, 15) is 10.1 Å². The molecule has 4 rings (SSSR count). The summed E-state index contributed by atoms with van der Waals surface area (Å²) in [6.07, 6.45) is 2.54. The van der Waals surface area contributed by atoms with Gasteiger partial charge in [-0.1, -0.05) is 48.5 Å². The zero-order valence-corrected chi connectivity index (χ0v) is 18.0. The number of para-hydroxylation sites is 1. The number of nitrogens with zero attached hydrogens (tertiary/aromatic N) is 3.